The largest absolute Gasteiger partial charge is 0.479 e. The number of ether oxygens (including phenoxy) is 1. The third-order valence-electron chi connectivity index (χ3n) is 4.58. The van der Waals surface area contributed by atoms with Gasteiger partial charge in [-0.05, 0) is 24.3 Å². The van der Waals surface area contributed by atoms with Gasteiger partial charge in [-0.25, -0.2) is 9.59 Å². The second-order valence-corrected chi connectivity index (χ2v) is 9.78. The van der Waals surface area contributed by atoms with Crippen molar-refractivity contribution in [3.63, 3.8) is 0 Å². The maximum Gasteiger partial charge on any atom is 0.442 e. The molecule has 8 nitrogen and oxygen atoms in total. The van der Waals surface area contributed by atoms with Crippen LogP contribution in [0.5, 0.6) is 5.75 Å². The molecule has 3 rings (SSSR count). The fourth-order valence-corrected chi connectivity index (χ4v) is 3.17. The summed E-state index contributed by atoms with van der Waals surface area (Å²) >= 11 is 12.2. The van der Waals surface area contributed by atoms with Crippen LogP contribution in [-0.4, -0.2) is 41.4 Å². The van der Waals surface area contributed by atoms with Crippen molar-refractivity contribution in [1.82, 2.24) is 14.7 Å². The lowest BCUT2D eigenvalue weighted by Gasteiger charge is -2.13. The summed E-state index contributed by atoms with van der Waals surface area (Å²) in [4.78, 5) is 24.5. The van der Waals surface area contributed by atoms with Gasteiger partial charge in [0.15, 0.2) is 0 Å². The van der Waals surface area contributed by atoms with Crippen LogP contribution in [0.2, 0.25) is 10.0 Å². The molecule has 2 amide bonds. The monoisotopic (exact) mass is 572 g/mol. The summed E-state index contributed by atoms with van der Waals surface area (Å²) in [6.07, 6.45) is 0.750. The van der Waals surface area contributed by atoms with Gasteiger partial charge in [-0.2, -0.15) is 17.9 Å². The molecular weight excluding hydrogens is 548 g/mol. The first-order valence-electron chi connectivity index (χ1n) is 10.9. The van der Waals surface area contributed by atoms with E-state index >= 15 is 0 Å². The van der Waals surface area contributed by atoms with Crippen LogP contribution in [0.25, 0.3) is 5.69 Å². The minimum Gasteiger partial charge on any atom is -0.479 e. The van der Waals surface area contributed by atoms with Crippen molar-refractivity contribution in [2.45, 2.75) is 32.4 Å². The Morgan fingerprint density at radius 3 is 2.37 bits per heavy atom. The standard InChI is InChI=1S/C15H14Cl2N2O3.C10H11F3N2O/c1-5-6-21-12-8-11(9(16)7-10(12)17)19-14(20)22-13(18-19)15(2,3)4;1-15(2)9(16)14-8-5-3-4-7(6-8)10(11,12)13/h1,7-8H,6H2,2-4H3;3-6H,1-2H3,(H,14,16). The third-order valence-corrected chi connectivity index (χ3v) is 5.18. The normalized spacial score (nSPS) is 11.2. The molecule has 0 aliphatic heterocycles. The summed E-state index contributed by atoms with van der Waals surface area (Å²) in [5, 5.41) is 7.05. The number of carbonyl (C=O) groups is 1. The highest BCUT2D eigenvalue weighted by Crippen LogP contribution is 2.33. The van der Waals surface area contributed by atoms with E-state index < -0.39 is 28.9 Å². The van der Waals surface area contributed by atoms with Crippen LogP contribution in [0.1, 0.15) is 32.2 Å². The van der Waals surface area contributed by atoms with E-state index in [0.717, 1.165) is 16.8 Å². The van der Waals surface area contributed by atoms with Crippen molar-refractivity contribution in [1.29, 1.82) is 0 Å². The molecule has 2 aromatic carbocycles. The number of carbonyl (C=O) groups excluding carboxylic acids is 1. The predicted molar refractivity (Wildman–Crippen MR) is 139 cm³/mol. The van der Waals surface area contributed by atoms with E-state index in [1.165, 1.54) is 43.3 Å². The van der Waals surface area contributed by atoms with Gasteiger partial charge < -0.3 is 19.4 Å². The summed E-state index contributed by atoms with van der Waals surface area (Å²) in [6.45, 7) is 5.69. The zero-order chi connectivity index (χ0) is 28.8. The summed E-state index contributed by atoms with van der Waals surface area (Å²) in [6, 6.07) is 6.97. The first-order chi connectivity index (χ1) is 17.5. The van der Waals surface area contributed by atoms with E-state index in [-0.39, 0.29) is 22.3 Å². The quantitative estimate of drug-likeness (QED) is 0.374. The predicted octanol–water partition coefficient (Wildman–Crippen LogP) is 6.24. The number of urea groups is 1. The molecule has 0 bridgehead atoms. The number of hydrogen-bond acceptors (Lipinski definition) is 5. The highest BCUT2D eigenvalue weighted by Gasteiger charge is 2.30. The van der Waals surface area contributed by atoms with E-state index in [1.807, 2.05) is 20.8 Å². The van der Waals surface area contributed by atoms with Crippen LogP contribution < -0.4 is 15.8 Å². The van der Waals surface area contributed by atoms with E-state index in [0.29, 0.717) is 17.3 Å². The SMILES string of the molecule is C#CCOc1cc(-n2nc(C(C)(C)C)oc2=O)c(Cl)cc1Cl.CN(C)C(=O)Nc1cccc(C(F)(F)F)c1. The highest BCUT2D eigenvalue weighted by atomic mass is 35.5. The van der Waals surface area contributed by atoms with Crippen molar-refractivity contribution < 1.29 is 27.1 Å². The first kappa shape index (κ1) is 30.6. The second kappa shape index (κ2) is 12.3. The molecule has 0 saturated heterocycles. The summed E-state index contributed by atoms with van der Waals surface area (Å²) in [7, 11) is 3.01. The fraction of sp³-hybridized carbons (Fsp3) is 0.320. The molecule has 0 atom stereocenters. The number of terminal acetylenes is 1. The lowest BCUT2D eigenvalue weighted by atomic mass is 9.97. The number of benzene rings is 2. The van der Waals surface area contributed by atoms with E-state index in [2.05, 4.69) is 16.3 Å². The molecule has 0 radical (unpaired) electrons. The van der Waals surface area contributed by atoms with Crippen LogP contribution in [-0.2, 0) is 11.6 Å². The summed E-state index contributed by atoms with van der Waals surface area (Å²) < 4.78 is 48.6. The van der Waals surface area contributed by atoms with Gasteiger partial charge in [0.1, 0.15) is 12.4 Å². The molecular formula is C25H25Cl2F3N4O4. The van der Waals surface area contributed by atoms with Crippen LogP contribution in [0.15, 0.2) is 45.6 Å². The fourth-order valence-electron chi connectivity index (χ4n) is 2.65. The van der Waals surface area contributed by atoms with Crippen molar-refractivity contribution in [2.75, 3.05) is 26.0 Å². The molecule has 1 N–H and O–H groups in total. The molecule has 0 saturated carbocycles. The molecule has 0 spiro atoms. The van der Waals surface area contributed by atoms with Gasteiger partial charge in [0.25, 0.3) is 0 Å². The van der Waals surface area contributed by atoms with Crippen LogP contribution in [0, 0.1) is 12.3 Å². The molecule has 3 aromatic rings. The molecule has 0 aliphatic carbocycles. The number of aromatic nitrogens is 2. The molecule has 0 fully saturated rings. The Morgan fingerprint density at radius 2 is 1.84 bits per heavy atom. The van der Waals surface area contributed by atoms with Gasteiger partial charge in [0.05, 0.1) is 21.3 Å². The number of nitrogens with zero attached hydrogens (tertiary/aromatic N) is 3. The number of nitrogens with one attached hydrogen (secondary N) is 1. The Kier molecular flexibility index (Phi) is 9.89. The second-order valence-electron chi connectivity index (χ2n) is 8.96. The molecule has 13 heteroatoms. The lowest BCUT2D eigenvalue weighted by Crippen LogP contribution is -2.27. The lowest BCUT2D eigenvalue weighted by molar-refractivity contribution is -0.137. The van der Waals surface area contributed by atoms with Gasteiger partial charge in [-0.15, -0.1) is 11.5 Å². The van der Waals surface area contributed by atoms with E-state index in [4.69, 9.17) is 38.8 Å². The number of alkyl halides is 3. The number of hydrogen-bond donors (Lipinski definition) is 1. The molecule has 1 heterocycles. The molecule has 1 aromatic heterocycles. The van der Waals surface area contributed by atoms with E-state index in [9.17, 15) is 22.8 Å². The van der Waals surface area contributed by atoms with Crippen molar-refractivity contribution in [2.24, 2.45) is 0 Å². The molecule has 0 unspecified atom stereocenters. The average molecular weight is 573 g/mol. The highest BCUT2D eigenvalue weighted by molar-refractivity contribution is 6.36. The van der Waals surface area contributed by atoms with Gasteiger partial charge in [-0.3, -0.25) is 0 Å². The zero-order valence-electron chi connectivity index (χ0n) is 21.1. The van der Waals surface area contributed by atoms with Gasteiger partial charge >= 0.3 is 18.0 Å². The van der Waals surface area contributed by atoms with Gasteiger partial charge in [-0.1, -0.05) is 56.0 Å². The zero-order valence-corrected chi connectivity index (χ0v) is 22.6. The Labute approximate surface area is 227 Å². The number of halogens is 5. The molecule has 38 heavy (non-hydrogen) atoms. The van der Waals surface area contributed by atoms with Crippen LogP contribution in [0.4, 0.5) is 23.7 Å². The summed E-state index contributed by atoms with van der Waals surface area (Å²) in [5.74, 6) is 2.31. The minimum absolute atomic E-state index is 0.0434. The topological polar surface area (TPSA) is 89.6 Å². The maximum absolute atomic E-state index is 12.3. The van der Waals surface area contributed by atoms with Gasteiger partial charge in [0, 0.05) is 31.3 Å². The van der Waals surface area contributed by atoms with Crippen LogP contribution >= 0.6 is 23.2 Å². The Hall–Kier alpha value is -3.62. The Morgan fingerprint density at radius 1 is 1.18 bits per heavy atom. The average Bonchev–Trinajstić information content (AvgIpc) is 3.20. The Balaban J connectivity index is 0.000000281. The van der Waals surface area contributed by atoms with Crippen LogP contribution in [0.3, 0.4) is 0 Å². The number of anilines is 1. The minimum atomic E-state index is -4.40. The van der Waals surface area contributed by atoms with Crippen molar-refractivity contribution >= 4 is 34.9 Å². The molecule has 0 aliphatic rings. The van der Waals surface area contributed by atoms with Crippen molar-refractivity contribution in [3.05, 3.63) is 68.4 Å². The number of amides is 2. The first-order valence-corrected chi connectivity index (χ1v) is 11.6. The number of rotatable bonds is 4. The van der Waals surface area contributed by atoms with Crippen molar-refractivity contribution in [3.8, 4) is 23.8 Å². The maximum atomic E-state index is 12.3. The third kappa shape index (κ3) is 8.19. The summed E-state index contributed by atoms with van der Waals surface area (Å²) in [5.41, 5.74) is -0.772. The Bertz CT molecular complexity index is 1390. The molecule has 204 valence electrons. The smallest absolute Gasteiger partial charge is 0.442 e. The van der Waals surface area contributed by atoms with E-state index in [1.54, 1.807) is 0 Å². The van der Waals surface area contributed by atoms with Gasteiger partial charge in [0.2, 0.25) is 5.89 Å².